The van der Waals surface area contributed by atoms with Gasteiger partial charge in [0.25, 0.3) is 0 Å². The highest BCUT2D eigenvalue weighted by Gasteiger charge is 2.63. The molecule has 3 N–H and O–H groups in total. The molecule has 246 valence electrons. The number of hydrogen-bond acceptors (Lipinski definition) is 7. The second-order valence-electron chi connectivity index (χ2n) is 11.2. The number of nitrogens with one attached hydrogen (secondary N) is 1. The van der Waals surface area contributed by atoms with Crippen LogP contribution in [0.2, 0.25) is 0 Å². The zero-order valence-corrected chi connectivity index (χ0v) is 23.6. The molecular formula is C27H34F6N4O7. The Bertz CT molecular complexity index is 1150. The molecule has 2 spiro atoms. The third-order valence-corrected chi connectivity index (χ3v) is 8.52. The van der Waals surface area contributed by atoms with E-state index < -0.39 is 24.3 Å². The van der Waals surface area contributed by atoms with E-state index in [2.05, 4.69) is 26.2 Å². The molecule has 17 heteroatoms. The fraction of sp³-hybridized carbons (Fsp3) is 0.667. The molecule has 0 saturated carbocycles. The van der Waals surface area contributed by atoms with Crippen LogP contribution < -0.4 is 5.32 Å². The standard InChI is InChI=1S/C23H32N4O3.2C2HF3O2/c28-20(19-3-12-30-13-4-19)27-10-6-22(7-11-27)16-26(15-18-2-1-8-24-14-18)17-23(22)5-9-25-21(23)29;2*3-2(4,5)1(6)7/h1-2,8,14,19H,3-7,9-13,15-17H2,(H,25,29);2*(H,6,7). The molecule has 5 rings (SSSR count). The van der Waals surface area contributed by atoms with E-state index in [0.717, 1.165) is 71.4 Å². The zero-order chi connectivity index (χ0) is 32.8. The quantitative estimate of drug-likeness (QED) is 0.424. The normalized spacial score (nSPS) is 23.8. The summed E-state index contributed by atoms with van der Waals surface area (Å²) in [6.07, 6.45) is -2.04. The number of hydrogen-bond donors (Lipinski definition) is 3. The molecule has 4 aliphatic heterocycles. The largest absolute Gasteiger partial charge is 0.490 e. The van der Waals surface area contributed by atoms with E-state index in [1.165, 1.54) is 5.56 Å². The summed E-state index contributed by atoms with van der Waals surface area (Å²) in [5.74, 6) is -4.88. The molecule has 0 aromatic carbocycles. The number of halogens is 6. The number of piperidine rings is 1. The number of aliphatic carboxylic acids is 2. The molecule has 5 heterocycles. The van der Waals surface area contributed by atoms with Gasteiger partial charge < -0.3 is 25.2 Å². The molecule has 0 bridgehead atoms. The molecular weight excluding hydrogens is 606 g/mol. The number of nitrogens with zero attached hydrogens (tertiary/aromatic N) is 3. The van der Waals surface area contributed by atoms with Crippen LogP contribution in [0.15, 0.2) is 24.5 Å². The first-order valence-corrected chi connectivity index (χ1v) is 13.9. The van der Waals surface area contributed by atoms with Crippen molar-refractivity contribution >= 4 is 23.8 Å². The van der Waals surface area contributed by atoms with E-state index in [9.17, 15) is 35.9 Å². The van der Waals surface area contributed by atoms with E-state index in [1.54, 1.807) is 6.20 Å². The van der Waals surface area contributed by atoms with Gasteiger partial charge in [0.2, 0.25) is 11.8 Å². The molecule has 4 aliphatic rings. The molecule has 2 amide bonds. The molecule has 4 fully saturated rings. The smallest absolute Gasteiger partial charge is 0.475 e. The van der Waals surface area contributed by atoms with E-state index in [1.807, 2.05) is 12.3 Å². The van der Waals surface area contributed by atoms with Gasteiger partial charge in [-0.3, -0.25) is 19.5 Å². The van der Waals surface area contributed by atoms with Crippen LogP contribution in [0.5, 0.6) is 0 Å². The lowest BCUT2D eigenvalue weighted by atomic mass is 9.60. The highest BCUT2D eigenvalue weighted by atomic mass is 19.4. The molecule has 11 nitrogen and oxygen atoms in total. The first kappa shape index (κ1) is 35.0. The summed E-state index contributed by atoms with van der Waals surface area (Å²) in [5, 5.41) is 17.4. The average Bonchev–Trinajstić information content (AvgIpc) is 3.48. The summed E-state index contributed by atoms with van der Waals surface area (Å²) in [6, 6.07) is 4.08. The van der Waals surface area contributed by atoms with Crippen molar-refractivity contribution in [2.75, 3.05) is 45.9 Å². The predicted molar refractivity (Wildman–Crippen MR) is 139 cm³/mol. The van der Waals surface area contributed by atoms with E-state index in [4.69, 9.17) is 24.5 Å². The minimum atomic E-state index is -5.08. The van der Waals surface area contributed by atoms with E-state index >= 15 is 0 Å². The topological polar surface area (TPSA) is 149 Å². The van der Waals surface area contributed by atoms with Crippen LogP contribution in [0.25, 0.3) is 0 Å². The highest BCUT2D eigenvalue weighted by Crippen LogP contribution is 2.56. The van der Waals surface area contributed by atoms with Gasteiger partial charge in [0, 0.05) is 76.2 Å². The number of carboxylic acid groups (broad SMARTS) is 2. The number of carbonyl (C=O) groups excluding carboxylic acids is 2. The summed E-state index contributed by atoms with van der Waals surface area (Å²) in [5.41, 5.74) is 0.834. The van der Waals surface area contributed by atoms with Crippen LogP contribution in [0.4, 0.5) is 26.3 Å². The number of alkyl halides is 6. The number of amides is 2. The third kappa shape index (κ3) is 8.37. The lowest BCUT2D eigenvalue weighted by Crippen LogP contribution is -2.54. The molecule has 1 aromatic rings. The Hall–Kier alpha value is -3.47. The number of fused-ring (bicyclic) bond motifs is 1. The minimum Gasteiger partial charge on any atom is -0.475 e. The third-order valence-electron chi connectivity index (χ3n) is 8.52. The van der Waals surface area contributed by atoms with Gasteiger partial charge in [-0.05, 0) is 43.7 Å². The number of likely N-dealkylation sites (tertiary alicyclic amines) is 2. The summed E-state index contributed by atoms with van der Waals surface area (Å²) < 4.78 is 68.9. The molecule has 1 atom stereocenters. The predicted octanol–water partition coefficient (Wildman–Crippen LogP) is 2.71. The fourth-order valence-electron chi connectivity index (χ4n) is 6.37. The fourth-order valence-corrected chi connectivity index (χ4v) is 6.37. The summed E-state index contributed by atoms with van der Waals surface area (Å²) in [6.45, 7) is 6.26. The van der Waals surface area contributed by atoms with Gasteiger partial charge in [-0.1, -0.05) is 6.07 Å². The van der Waals surface area contributed by atoms with Crippen molar-refractivity contribution in [3.8, 4) is 0 Å². The van der Waals surface area contributed by atoms with Crippen LogP contribution in [0.1, 0.15) is 37.7 Å². The molecule has 4 saturated heterocycles. The average molecular weight is 641 g/mol. The Balaban J connectivity index is 0.000000317. The van der Waals surface area contributed by atoms with Crippen molar-refractivity contribution in [2.45, 2.75) is 51.0 Å². The Morgan fingerprint density at radius 2 is 1.55 bits per heavy atom. The molecule has 0 radical (unpaired) electrons. The SMILES string of the molecule is O=C(C1CCOCC1)N1CCC2(CC1)CN(Cc1cccnc1)CC21CCNC1=O.O=C(O)C(F)(F)F.O=C(O)C(F)(F)F. The van der Waals surface area contributed by atoms with Crippen molar-refractivity contribution in [1.29, 1.82) is 0 Å². The summed E-state index contributed by atoms with van der Waals surface area (Å²) in [7, 11) is 0. The van der Waals surface area contributed by atoms with Crippen LogP contribution in [-0.2, 0) is 30.5 Å². The second kappa shape index (κ2) is 14.1. The number of carboxylic acids is 2. The first-order valence-electron chi connectivity index (χ1n) is 13.9. The van der Waals surface area contributed by atoms with E-state index in [0.29, 0.717) is 19.1 Å². The molecule has 44 heavy (non-hydrogen) atoms. The maximum atomic E-state index is 13.1. The van der Waals surface area contributed by atoms with Crippen LogP contribution in [0, 0.1) is 16.7 Å². The first-order chi connectivity index (χ1) is 20.5. The van der Waals surface area contributed by atoms with Gasteiger partial charge in [-0.15, -0.1) is 0 Å². The number of rotatable bonds is 3. The van der Waals surface area contributed by atoms with Gasteiger partial charge in [0.05, 0.1) is 5.41 Å². The monoisotopic (exact) mass is 640 g/mol. The number of ether oxygens (including phenoxy) is 1. The van der Waals surface area contributed by atoms with Crippen molar-refractivity contribution in [3.05, 3.63) is 30.1 Å². The minimum absolute atomic E-state index is 0.0394. The van der Waals surface area contributed by atoms with Gasteiger partial charge >= 0.3 is 24.3 Å². The van der Waals surface area contributed by atoms with Crippen LogP contribution in [0.3, 0.4) is 0 Å². The van der Waals surface area contributed by atoms with Gasteiger partial charge in [0.15, 0.2) is 0 Å². The number of pyridine rings is 1. The van der Waals surface area contributed by atoms with Gasteiger partial charge in [-0.2, -0.15) is 26.3 Å². The van der Waals surface area contributed by atoms with E-state index in [-0.39, 0.29) is 22.7 Å². The lowest BCUT2D eigenvalue weighted by molar-refractivity contribution is -0.193. The number of aromatic nitrogens is 1. The van der Waals surface area contributed by atoms with Crippen molar-refractivity contribution in [3.63, 3.8) is 0 Å². The van der Waals surface area contributed by atoms with Crippen LogP contribution in [-0.4, -0.2) is 107 Å². The molecule has 1 unspecified atom stereocenters. The Labute approximate surface area is 248 Å². The Morgan fingerprint density at radius 1 is 0.977 bits per heavy atom. The lowest BCUT2D eigenvalue weighted by Gasteiger charge is -2.47. The van der Waals surface area contributed by atoms with Crippen LogP contribution >= 0.6 is 0 Å². The summed E-state index contributed by atoms with van der Waals surface area (Å²) >= 11 is 0. The highest BCUT2D eigenvalue weighted by molar-refractivity contribution is 5.86. The summed E-state index contributed by atoms with van der Waals surface area (Å²) in [4.78, 5) is 52.6. The second-order valence-corrected chi connectivity index (χ2v) is 11.2. The Kier molecular flexibility index (Phi) is 11.2. The molecule has 1 aromatic heterocycles. The van der Waals surface area contributed by atoms with Gasteiger partial charge in [-0.25, -0.2) is 9.59 Å². The van der Waals surface area contributed by atoms with Crippen molar-refractivity contribution in [1.82, 2.24) is 20.1 Å². The van der Waals surface area contributed by atoms with Crippen molar-refractivity contribution < 1.29 is 60.5 Å². The molecule has 0 aliphatic carbocycles. The maximum absolute atomic E-state index is 13.1. The maximum Gasteiger partial charge on any atom is 0.490 e. The van der Waals surface area contributed by atoms with Gasteiger partial charge in [0.1, 0.15) is 0 Å². The number of carbonyl (C=O) groups is 4. The van der Waals surface area contributed by atoms with Crippen molar-refractivity contribution in [2.24, 2.45) is 16.7 Å². The zero-order valence-electron chi connectivity index (χ0n) is 23.6. The Morgan fingerprint density at radius 3 is 2.00 bits per heavy atom.